The van der Waals surface area contributed by atoms with Crippen LogP contribution in [0, 0.1) is 12.7 Å². The molecule has 0 aliphatic heterocycles. The molecule has 0 saturated heterocycles. The molecule has 0 aliphatic carbocycles. The Balaban J connectivity index is 2.42. The van der Waals surface area contributed by atoms with Gasteiger partial charge in [-0.1, -0.05) is 0 Å². The van der Waals surface area contributed by atoms with Gasteiger partial charge in [-0.2, -0.15) is 0 Å². The van der Waals surface area contributed by atoms with E-state index in [0.29, 0.717) is 5.69 Å². The number of rotatable bonds is 2. The minimum atomic E-state index is -0.564. The number of thiazole rings is 1. The molecule has 1 aromatic heterocycles. The monoisotopic (exact) mass is 237 g/mol. The van der Waals surface area contributed by atoms with Gasteiger partial charge in [-0.15, -0.1) is 11.3 Å². The summed E-state index contributed by atoms with van der Waals surface area (Å²) in [7, 11) is 0. The van der Waals surface area contributed by atoms with Crippen molar-refractivity contribution in [3.05, 3.63) is 40.7 Å². The topological polar surface area (TPSA) is 33.1 Å². The Labute approximate surface area is 97.4 Å². The summed E-state index contributed by atoms with van der Waals surface area (Å²) in [5.41, 5.74) is 2.42. The zero-order chi connectivity index (χ0) is 11.7. The molecule has 1 heterocycles. The van der Waals surface area contributed by atoms with E-state index in [0.717, 1.165) is 16.1 Å². The van der Waals surface area contributed by atoms with E-state index < -0.39 is 6.10 Å². The Bertz CT molecular complexity index is 507. The predicted octanol–water partition coefficient (Wildman–Crippen LogP) is 3.31. The molecule has 1 unspecified atom stereocenters. The Morgan fingerprint density at radius 2 is 2.19 bits per heavy atom. The number of hydrogen-bond donors (Lipinski definition) is 1. The second-order valence-corrected chi connectivity index (χ2v) is 4.57. The fourth-order valence-corrected chi connectivity index (χ4v) is 2.46. The summed E-state index contributed by atoms with van der Waals surface area (Å²) in [6.07, 6.45) is -0.564. The van der Waals surface area contributed by atoms with Crippen LogP contribution in [0.5, 0.6) is 0 Å². The molecule has 16 heavy (non-hydrogen) atoms. The van der Waals surface area contributed by atoms with Gasteiger partial charge in [0.05, 0.1) is 11.8 Å². The van der Waals surface area contributed by atoms with Crippen LogP contribution in [0.2, 0.25) is 0 Å². The van der Waals surface area contributed by atoms with Crippen molar-refractivity contribution in [2.24, 2.45) is 0 Å². The van der Waals surface area contributed by atoms with Crippen LogP contribution in [0.4, 0.5) is 4.39 Å². The van der Waals surface area contributed by atoms with Gasteiger partial charge in [-0.25, -0.2) is 9.37 Å². The van der Waals surface area contributed by atoms with Crippen molar-refractivity contribution in [2.75, 3.05) is 0 Å². The number of aromatic nitrogens is 1. The minimum Gasteiger partial charge on any atom is -0.387 e. The van der Waals surface area contributed by atoms with Gasteiger partial charge < -0.3 is 5.11 Å². The summed E-state index contributed by atoms with van der Waals surface area (Å²) in [5.74, 6) is -0.242. The third-order valence-electron chi connectivity index (χ3n) is 2.37. The van der Waals surface area contributed by atoms with Gasteiger partial charge >= 0.3 is 0 Å². The van der Waals surface area contributed by atoms with E-state index in [1.165, 1.54) is 23.5 Å². The first-order valence-electron chi connectivity index (χ1n) is 4.98. The van der Waals surface area contributed by atoms with E-state index in [4.69, 9.17) is 0 Å². The van der Waals surface area contributed by atoms with Crippen molar-refractivity contribution in [1.82, 2.24) is 4.98 Å². The van der Waals surface area contributed by atoms with Crippen LogP contribution in [0.3, 0.4) is 0 Å². The highest BCUT2D eigenvalue weighted by Crippen LogP contribution is 2.28. The average Bonchev–Trinajstić information content (AvgIpc) is 2.66. The van der Waals surface area contributed by atoms with E-state index in [2.05, 4.69) is 4.98 Å². The second kappa shape index (κ2) is 4.31. The van der Waals surface area contributed by atoms with Crippen LogP contribution in [0.15, 0.2) is 23.6 Å². The Hall–Kier alpha value is -1.26. The van der Waals surface area contributed by atoms with Crippen molar-refractivity contribution in [3.63, 3.8) is 0 Å². The molecule has 1 aromatic carbocycles. The molecule has 0 aliphatic rings. The molecule has 2 nitrogen and oxygen atoms in total. The highest BCUT2D eigenvalue weighted by atomic mass is 32.1. The smallest absolute Gasteiger partial charge is 0.123 e. The third kappa shape index (κ3) is 2.13. The van der Waals surface area contributed by atoms with Crippen LogP contribution in [-0.2, 0) is 0 Å². The molecule has 0 saturated carbocycles. The number of aryl methyl sites for hydroxylation is 1. The standard InChI is InChI=1S/C12H12FNOS/c1-7-5-9(13)3-4-10(7)12-14-11(6-16-12)8(2)15/h3-6,8,15H,1-2H3. The highest BCUT2D eigenvalue weighted by molar-refractivity contribution is 7.13. The summed E-state index contributed by atoms with van der Waals surface area (Å²) in [4.78, 5) is 4.32. The number of aliphatic hydroxyl groups excluding tert-OH is 1. The fraction of sp³-hybridized carbons (Fsp3) is 0.250. The van der Waals surface area contributed by atoms with Crippen LogP contribution in [0.25, 0.3) is 10.6 Å². The van der Waals surface area contributed by atoms with E-state index in [-0.39, 0.29) is 5.82 Å². The van der Waals surface area contributed by atoms with Crippen LogP contribution in [0.1, 0.15) is 24.3 Å². The molecule has 2 rings (SSSR count). The maximum Gasteiger partial charge on any atom is 0.123 e. The maximum absolute atomic E-state index is 12.9. The van der Waals surface area contributed by atoms with Crippen molar-refractivity contribution in [2.45, 2.75) is 20.0 Å². The van der Waals surface area contributed by atoms with Gasteiger partial charge in [0.15, 0.2) is 0 Å². The molecule has 0 spiro atoms. The highest BCUT2D eigenvalue weighted by Gasteiger charge is 2.10. The first kappa shape index (κ1) is 11.2. The SMILES string of the molecule is Cc1cc(F)ccc1-c1nc(C(C)O)cs1. The summed E-state index contributed by atoms with van der Waals surface area (Å²) in [5, 5.41) is 12.0. The summed E-state index contributed by atoms with van der Waals surface area (Å²) in [6.45, 7) is 3.53. The number of aliphatic hydroxyl groups is 1. The number of halogens is 1. The zero-order valence-corrected chi connectivity index (χ0v) is 9.88. The van der Waals surface area contributed by atoms with Gasteiger partial charge in [0.1, 0.15) is 10.8 Å². The summed E-state index contributed by atoms with van der Waals surface area (Å²) in [6, 6.07) is 4.62. The lowest BCUT2D eigenvalue weighted by atomic mass is 10.1. The van der Waals surface area contributed by atoms with Crippen LogP contribution < -0.4 is 0 Å². The normalized spacial score (nSPS) is 12.8. The Morgan fingerprint density at radius 3 is 2.75 bits per heavy atom. The molecule has 1 atom stereocenters. The van der Waals surface area contributed by atoms with Crippen molar-refractivity contribution in [3.8, 4) is 10.6 Å². The van der Waals surface area contributed by atoms with E-state index in [9.17, 15) is 9.50 Å². The van der Waals surface area contributed by atoms with E-state index in [1.54, 1.807) is 13.0 Å². The van der Waals surface area contributed by atoms with Gasteiger partial charge in [-0.3, -0.25) is 0 Å². The molecule has 2 aromatic rings. The lowest BCUT2D eigenvalue weighted by Crippen LogP contribution is -1.91. The van der Waals surface area contributed by atoms with Crippen LogP contribution in [-0.4, -0.2) is 10.1 Å². The molecule has 4 heteroatoms. The Kier molecular flexibility index (Phi) is 3.03. The number of hydrogen-bond acceptors (Lipinski definition) is 3. The molecule has 1 N–H and O–H groups in total. The molecular formula is C12H12FNOS. The predicted molar refractivity (Wildman–Crippen MR) is 62.9 cm³/mol. The van der Waals surface area contributed by atoms with Gasteiger partial charge in [0.2, 0.25) is 0 Å². The summed E-state index contributed by atoms with van der Waals surface area (Å²) >= 11 is 1.46. The fourth-order valence-electron chi connectivity index (χ4n) is 1.47. The number of nitrogens with zero attached hydrogens (tertiary/aromatic N) is 1. The average molecular weight is 237 g/mol. The lowest BCUT2D eigenvalue weighted by molar-refractivity contribution is 0.195. The van der Waals surface area contributed by atoms with Gasteiger partial charge in [0.25, 0.3) is 0 Å². The summed E-state index contributed by atoms with van der Waals surface area (Å²) < 4.78 is 12.9. The molecule has 0 fully saturated rings. The molecule has 0 amide bonds. The maximum atomic E-state index is 12.9. The van der Waals surface area contributed by atoms with Gasteiger partial charge in [-0.05, 0) is 37.6 Å². The lowest BCUT2D eigenvalue weighted by Gasteiger charge is -2.02. The molecule has 84 valence electrons. The number of benzene rings is 1. The van der Waals surface area contributed by atoms with Crippen LogP contribution >= 0.6 is 11.3 Å². The largest absolute Gasteiger partial charge is 0.387 e. The minimum absolute atomic E-state index is 0.242. The van der Waals surface area contributed by atoms with Crippen molar-refractivity contribution in [1.29, 1.82) is 0 Å². The first-order chi connectivity index (χ1) is 7.58. The molecule has 0 bridgehead atoms. The van der Waals surface area contributed by atoms with Crippen molar-refractivity contribution >= 4 is 11.3 Å². The third-order valence-corrected chi connectivity index (χ3v) is 3.26. The molecule has 0 radical (unpaired) electrons. The van der Waals surface area contributed by atoms with Crippen molar-refractivity contribution < 1.29 is 9.50 Å². The van der Waals surface area contributed by atoms with E-state index >= 15 is 0 Å². The first-order valence-corrected chi connectivity index (χ1v) is 5.86. The second-order valence-electron chi connectivity index (χ2n) is 3.71. The zero-order valence-electron chi connectivity index (χ0n) is 9.07. The van der Waals surface area contributed by atoms with E-state index in [1.807, 2.05) is 12.3 Å². The van der Waals surface area contributed by atoms with Gasteiger partial charge in [0, 0.05) is 10.9 Å². The molecular weight excluding hydrogens is 225 g/mol. The quantitative estimate of drug-likeness (QED) is 0.869. The Morgan fingerprint density at radius 1 is 1.44 bits per heavy atom.